The molecule has 16 heavy (non-hydrogen) atoms. The van der Waals surface area contributed by atoms with Crippen LogP contribution in [0.2, 0.25) is 0 Å². The molecule has 0 spiro atoms. The number of nitrogens with zero attached hydrogens (tertiary/aromatic N) is 1. The van der Waals surface area contributed by atoms with Gasteiger partial charge in [0.15, 0.2) is 0 Å². The zero-order valence-corrected chi connectivity index (χ0v) is 10.2. The van der Waals surface area contributed by atoms with Gasteiger partial charge in [0, 0.05) is 14.1 Å². The van der Waals surface area contributed by atoms with Crippen molar-refractivity contribution in [2.24, 2.45) is 0 Å². The summed E-state index contributed by atoms with van der Waals surface area (Å²) in [6.07, 6.45) is 0. The summed E-state index contributed by atoms with van der Waals surface area (Å²) in [6, 6.07) is 7.53. The van der Waals surface area contributed by atoms with Crippen molar-refractivity contribution in [2.75, 3.05) is 31.4 Å². The van der Waals surface area contributed by atoms with E-state index in [1.165, 1.54) is 0 Å². The van der Waals surface area contributed by atoms with Crippen LogP contribution in [0.3, 0.4) is 0 Å². The van der Waals surface area contributed by atoms with Gasteiger partial charge in [-0.15, -0.1) is 0 Å². The van der Waals surface area contributed by atoms with Gasteiger partial charge in [-0.2, -0.15) is 0 Å². The molecule has 1 rings (SSSR count). The minimum absolute atomic E-state index is 0.0307. The second-order valence-electron chi connectivity index (χ2n) is 3.91. The van der Waals surface area contributed by atoms with E-state index in [1.807, 2.05) is 50.2 Å². The van der Waals surface area contributed by atoms with Gasteiger partial charge >= 0.3 is 0 Å². The molecule has 2 N–H and O–H groups in total. The number of benzene rings is 1. The molecule has 0 saturated carbocycles. The Hall–Kier alpha value is -1.55. The SMILES string of the molecule is CNC(C)C(=O)Nc1ccccc1N(C)C. The maximum Gasteiger partial charge on any atom is 0.241 e. The first-order chi connectivity index (χ1) is 7.56. The number of likely N-dealkylation sites (N-methyl/N-ethyl adjacent to an activating group) is 1. The van der Waals surface area contributed by atoms with E-state index in [-0.39, 0.29) is 11.9 Å². The molecule has 1 aromatic rings. The Labute approximate surface area is 96.6 Å². The lowest BCUT2D eigenvalue weighted by molar-refractivity contribution is -0.117. The van der Waals surface area contributed by atoms with Crippen LogP contribution in [-0.2, 0) is 4.79 Å². The van der Waals surface area contributed by atoms with Crippen molar-refractivity contribution in [3.05, 3.63) is 24.3 Å². The lowest BCUT2D eigenvalue weighted by Gasteiger charge is -2.19. The van der Waals surface area contributed by atoms with Crippen LogP contribution in [0, 0.1) is 0 Å². The highest BCUT2D eigenvalue weighted by Crippen LogP contribution is 2.23. The van der Waals surface area contributed by atoms with Crippen LogP contribution in [0.4, 0.5) is 11.4 Å². The van der Waals surface area contributed by atoms with Gasteiger partial charge in [0.05, 0.1) is 17.4 Å². The molecular weight excluding hydrogens is 202 g/mol. The van der Waals surface area contributed by atoms with Gasteiger partial charge in [-0.05, 0) is 26.1 Å². The van der Waals surface area contributed by atoms with Gasteiger partial charge in [-0.1, -0.05) is 12.1 Å². The zero-order valence-electron chi connectivity index (χ0n) is 10.2. The fraction of sp³-hybridized carbons (Fsp3) is 0.417. The van der Waals surface area contributed by atoms with Crippen LogP contribution in [-0.4, -0.2) is 33.1 Å². The smallest absolute Gasteiger partial charge is 0.241 e. The maximum atomic E-state index is 11.7. The summed E-state index contributed by atoms with van der Waals surface area (Å²) >= 11 is 0. The van der Waals surface area contributed by atoms with E-state index >= 15 is 0 Å². The standard InChI is InChI=1S/C12H19N3O/c1-9(13-2)12(16)14-10-7-5-6-8-11(10)15(3)4/h5-9,13H,1-4H3,(H,14,16). The second-order valence-corrected chi connectivity index (χ2v) is 3.91. The summed E-state index contributed by atoms with van der Waals surface area (Å²) in [4.78, 5) is 13.7. The van der Waals surface area contributed by atoms with Crippen LogP contribution in [0.1, 0.15) is 6.92 Å². The molecule has 1 unspecified atom stereocenters. The van der Waals surface area contributed by atoms with Crippen LogP contribution < -0.4 is 15.5 Å². The van der Waals surface area contributed by atoms with E-state index in [9.17, 15) is 4.79 Å². The number of amides is 1. The van der Waals surface area contributed by atoms with Crippen molar-refractivity contribution in [2.45, 2.75) is 13.0 Å². The van der Waals surface area contributed by atoms with Crippen molar-refractivity contribution in [1.29, 1.82) is 0 Å². The molecular formula is C12H19N3O. The molecule has 0 aromatic heterocycles. The molecule has 0 aliphatic heterocycles. The molecule has 4 nitrogen and oxygen atoms in total. The number of para-hydroxylation sites is 2. The monoisotopic (exact) mass is 221 g/mol. The fourth-order valence-electron chi connectivity index (χ4n) is 1.34. The number of carbonyl (C=O) groups excluding carboxylic acids is 1. The molecule has 1 atom stereocenters. The Balaban J connectivity index is 2.84. The van der Waals surface area contributed by atoms with Crippen LogP contribution in [0.15, 0.2) is 24.3 Å². The quantitative estimate of drug-likeness (QED) is 0.805. The Kier molecular flexibility index (Phi) is 4.31. The van der Waals surface area contributed by atoms with Crippen molar-refractivity contribution in [1.82, 2.24) is 5.32 Å². The summed E-state index contributed by atoms with van der Waals surface area (Å²) in [5, 5.41) is 5.81. The predicted molar refractivity (Wildman–Crippen MR) is 67.9 cm³/mol. The Morgan fingerprint density at radius 3 is 2.50 bits per heavy atom. The van der Waals surface area contributed by atoms with Gasteiger partial charge in [0.25, 0.3) is 0 Å². The van der Waals surface area contributed by atoms with Gasteiger partial charge in [0.1, 0.15) is 0 Å². The molecule has 88 valence electrons. The Morgan fingerprint density at radius 1 is 1.31 bits per heavy atom. The molecule has 0 heterocycles. The average molecular weight is 221 g/mol. The van der Waals surface area contributed by atoms with E-state index in [4.69, 9.17) is 0 Å². The third-order valence-corrected chi connectivity index (χ3v) is 2.47. The first-order valence-corrected chi connectivity index (χ1v) is 5.30. The number of carbonyl (C=O) groups is 1. The van der Waals surface area contributed by atoms with Crippen LogP contribution in [0.25, 0.3) is 0 Å². The number of hydrogen-bond acceptors (Lipinski definition) is 3. The van der Waals surface area contributed by atoms with Crippen molar-refractivity contribution in [3.63, 3.8) is 0 Å². The summed E-state index contributed by atoms with van der Waals surface area (Å²) in [6.45, 7) is 1.83. The molecule has 0 aliphatic rings. The van der Waals surface area contributed by atoms with Crippen LogP contribution in [0.5, 0.6) is 0 Å². The van der Waals surface area contributed by atoms with Gasteiger partial charge in [0.2, 0.25) is 5.91 Å². The Morgan fingerprint density at radius 2 is 1.94 bits per heavy atom. The summed E-state index contributed by atoms with van der Waals surface area (Å²) < 4.78 is 0. The van der Waals surface area contributed by atoms with E-state index < -0.39 is 0 Å². The van der Waals surface area contributed by atoms with Gasteiger partial charge in [-0.3, -0.25) is 4.79 Å². The Bertz CT molecular complexity index is 363. The number of nitrogens with one attached hydrogen (secondary N) is 2. The van der Waals surface area contributed by atoms with E-state index in [0.717, 1.165) is 11.4 Å². The summed E-state index contributed by atoms with van der Waals surface area (Å²) in [7, 11) is 5.67. The van der Waals surface area contributed by atoms with E-state index in [1.54, 1.807) is 7.05 Å². The van der Waals surface area contributed by atoms with Crippen molar-refractivity contribution in [3.8, 4) is 0 Å². The molecule has 0 fully saturated rings. The highest BCUT2D eigenvalue weighted by Gasteiger charge is 2.12. The van der Waals surface area contributed by atoms with E-state index in [2.05, 4.69) is 10.6 Å². The number of rotatable bonds is 4. The molecule has 0 bridgehead atoms. The third kappa shape index (κ3) is 2.97. The second kappa shape index (κ2) is 5.51. The maximum absolute atomic E-state index is 11.7. The molecule has 0 saturated heterocycles. The number of hydrogen-bond donors (Lipinski definition) is 2. The lowest BCUT2D eigenvalue weighted by atomic mass is 10.2. The lowest BCUT2D eigenvalue weighted by Crippen LogP contribution is -2.35. The molecule has 1 aromatic carbocycles. The third-order valence-electron chi connectivity index (χ3n) is 2.47. The highest BCUT2D eigenvalue weighted by molar-refractivity contribution is 5.97. The van der Waals surface area contributed by atoms with Crippen LogP contribution >= 0.6 is 0 Å². The molecule has 4 heteroatoms. The molecule has 0 aliphatic carbocycles. The number of anilines is 2. The summed E-state index contributed by atoms with van der Waals surface area (Å²) in [5.74, 6) is -0.0307. The van der Waals surface area contributed by atoms with Gasteiger partial charge in [-0.25, -0.2) is 0 Å². The van der Waals surface area contributed by atoms with Gasteiger partial charge < -0.3 is 15.5 Å². The fourth-order valence-corrected chi connectivity index (χ4v) is 1.34. The molecule has 1 amide bonds. The first kappa shape index (κ1) is 12.5. The highest BCUT2D eigenvalue weighted by atomic mass is 16.2. The zero-order chi connectivity index (χ0) is 12.1. The molecule has 0 radical (unpaired) electrons. The van der Waals surface area contributed by atoms with E-state index in [0.29, 0.717) is 0 Å². The first-order valence-electron chi connectivity index (χ1n) is 5.30. The topological polar surface area (TPSA) is 44.4 Å². The normalized spacial score (nSPS) is 12.0. The summed E-state index contributed by atoms with van der Waals surface area (Å²) in [5.41, 5.74) is 1.83. The minimum Gasteiger partial charge on any atom is -0.376 e. The van der Waals surface area contributed by atoms with Crippen molar-refractivity contribution < 1.29 is 4.79 Å². The largest absolute Gasteiger partial charge is 0.376 e. The predicted octanol–water partition coefficient (Wildman–Crippen LogP) is 1.30. The van der Waals surface area contributed by atoms with Crippen molar-refractivity contribution >= 4 is 17.3 Å². The average Bonchev–Trinajstić information content (AvgIpc) is 2.28. The minimum atomic E-state index is -0.199.